The molecule has 0 saturated carbocycles. The molecule has 0 aliphatic carbocycles. The van der Waals surface area contributed by atoms with Crippen molar-refractivity contribution in [3.05, 3.63) is 57.4 Å². The lowest BCUT2D eigenvalue weighted by atomic mass is 10.1. The molecule has 0 saturated heterocycles. The summed E-state index contributed by atoms with van der Waals surface area (Å²) < 4.78 is 43.1. The molecule has 0 bridgehead atoms. The van der Waals surface area contributed by atoms with E-state index in [0.717, 1.165) is 28.4 Å². The van der Waals surface area contributed by atoms with Gasteiger partial charge in [0.1, 0.15) is 0 Å². The van der Waals surface area contributed by atoms with Gasteiger partial charge in [0.05, 0.1) is 22.7 Å². The Labute approximate surface area is 144 Å². The van der Waals surface area contributed by atoms with Crippen molar-refractivity contribution < 1.29 is 17.6 Å². The SMILES string of the molecule is Cc1nc(Cc2nnc(SCc3ccc(C(F)(F)F)cc3)o2)cs1. The van der Waals surface area contributed by atoms with Crippen LogP contribution in [0.4, 0.5) is 13.2 Å². The lowest BCUT2D eigenvalue weighted by Gasteiger charge is -2.06. The fourth-order valence-corrected chi connectivity index (χ4v) is 3.30. The molecule has 4 nitrogen and oxygen atoms in total. The van der Waals surface area contributed by atoms with Crippen LogP contribution in [0.15, 0.2) is 39.3 Å². The molecule has 2 aromatic heterocycles. The Morgan fingerprint density at radius 3 is 2.54 bits per heavy atom. The zero-order chi connectivity index (χ0) is 17.2. The second-order valence-corrected chi connectivity index (χ2v) is 6.97. The van der Waals surface area contributed by atoms with Gasteiger partial charge in [0.15, 0.2) is 0 Å². The summed E-state index contributed by atoms with van der Waals surface area (Å²) in [6.07, 6.45) is -3.85. The monoisotopic (exact) mass is 371 g/mol. The van der Waals surface area contributed by atoms with Crippen molar-refractivity contribution >= 4 is 23.1 Å². The van der Waals surface area contributed by atoms with Crippen molar-refractivity contribution in [2.24, 2.45) is 0 Å². The van der Waals surface area contributed by atoms with Crippen molar-refractivity contribution in [2.75, 3.05) is 0 Å². The van der Waals surface area contributed by atoms with E-state index in [2.05, 4.69) is 15.2 Å². The third-order valence-electron chi connectivity index (χ3n) is 3.09. The summed E-state index contributed by atoms with van der Waals surface area (Å²) in [5.74, 6) is 0.922. The highest BCUT2D eigenvalue weighted by atomic mass is 32.2. The number of thioether (sulfide) groups is 1. The molecule has 9 heteroatoms. The van der Waals surface area contributed by atoms with Crippen molar-refractivity contribution in [3.63, 3.8) is 0 Å². The van der Waals surface area contributed by atoms with E-state index >= 15 is 0 Å². The van der Waals surface area contributed by atoms with Crippen molar-refractivity contribution in [2.45, 2.75) is 30.5 Å². The Hall–Kier alpha value is -1.87. The Balaban J connectivity index is 1.57. The highest BCUT2D eigenvalue weighted by Crippen LogP contribution is 2.30. The van der Waals surface area contributed by atoms with E-state index in [4.69, 9.17) is 4.42 Å². The van der Waals surface area contributed by atoms with Crippen LogP contribution in [0.5, 0.6) is 0 Å². The Bertz CT molecular complexity index is 812. The van der Waals surface area contributed by atoms with Crippen LogP contribution in [0.1, 0.15) is 27.7 Å². The number of benzene rings is 1. The molecule has 0 radical (unpaired) electrons. The Kier molecular flexibility index (Phi) is 4.91. The van der Waals surface area contributed by atoms with Crippen LogP contribution in [0.25, 0.3) is 0 Å². The molecule has 24 heavy (non-hydrogen) atoms. The van der Waals surface area contributed by atoms with E-state index in [0.29, 0.717) is 23.3 Å². The Morgan fingerprint density at radius 1 is 1.17 bits per heavy atom. The molecule has 0 unspecified atom stereocenters. The lowest BCUT2D eigenvalue weighted by molar-refractivity contribution is -0.137. The smallest absolute Gasteiger partial charge is 0.416 e. The van der Waals surface area contributed by atoms with Gasteiger partial charge in [-0.3, -0.25) is 0 Å². The van der Waals surface area contributed by atoms with Gasteiger partial charge in [-0.1, -0.05) is 23.9 Å². The maximum Gasteiger partial charge on any atom is 0.416 e. The molecule has 0 amide bonds. The summed E-state index contributed by atoms with van der Waals surface area (Å²) in [7, 11) is 0. The van der Waals surface area contributed by atoms with Crippen LogP contribution in [0.3, 0.4) is 0 Å². The third-order valence-corrected chi connectivity index (χ3v) is 4.80. The lowest BCUT2D eigenvalue weighted by Crippen LogP contribution is -2.04. The predicted molar refractivity (Wildman–Crippen MR) is 85.0 cm³/mol. The molecule has 0 aliphatic rings. The fourth-order valence-electron chi connectivity index (χ4n) is 1.95. The molecular weight excluding hydrogens is 359 g/mol. The van der Waals surface area contributed by atoms with Crippen LogP contribution in [-0.2, 0) is 18.3 Å². The molecule has 0 atom stereocenters. The molecular formula is C15H12F3N3OS2. The average molecular weight is 371 g/mol. The standard InChI is InChI=1S/C15H12F3N3OS2/c1-9-19-12(8-23-9)6-13-20-21-14(22-13)24-7-10-2-4-11(5-3-10)15(16,17)18/h2-5,8H,6-7H2,1H3. The normalized spacial score (nSPS) is 11.8. The molecule has 126 valence electrons. The second-order valence-electron chi connectivity index (χ2n) is 4.98. The number of rotatable bonds is 5. The van der Waals surface area contributed by atoms with Gasteiger partial charge < -0.3 is 4.42 Å². The minimum Gasteiger partial charge on any atom is -0.416 e. The molecule has 0 N–H and O–H groups in total. The highest BCUT2D eigenvalue weighted by Gasteiger charge is 2.29. The zero-order valence-electron chi connectivity index (χ0n) is 12.5. The molecule has 3 rings (SSSR count). The number of hydrogen-bond donors (Lipinski definition) is 0. The minimum absolute atomic E-state index is 0.386. The number of aromatic nitrogens is 3. The molecule has 3 aromatic rings. The molecule has 0 fully saturated rings. The minimum atomic E-state index is -4.32. The van der Waals surface area contributed by atoms with Gasteiger partial charge in [0.2, 0.25) is 5.89 Å². The van der Waals surface area contributed by atoms with Gasteiger partial charge in [-0.2, -0.15) is 13.2 Å². The molecule has 0 spiro atoms. The second kappa shape index (κ2) is 6.94. The average Bonchev–Trinajstić information content (AvgIpc) is 3.14. The van der Waals surface area contributed by atoms with Crippen LogP contribution in [-0.4, -0.2) is 15.2 Å². The first-order valence-corrected chi connectivity index (χ1v) is 8.79. The Morgan fingerprint density at radius 2 is 1.92 bits per heavy atom. The maximum absolute atomic E-state index is 12.5. The number of halogens is 3. The van der Waals surface area contributed by atoms with Crippen LogP contribution in [0, 0.1) is 6.92 Å². The quantitative estimate of drug-likeness (QED) is 0.607. The van der Waals surface area contributed by atoms with Crippen molar-refractivity contribution in [3.8, 4) is 0 Å². The van der Waals surface area contributed by atoms with Crippen molar-refractivity contribution in [1.29, 1.82) is 0 Å². The molecule has 0 aliphatic heterocycles. The van der Waals surface area contributed by atoms with Gasteiger partial charge in [-0.05, 0) is 24.6 Å². The van der Waals surface area contributed by atoms with E-state index in [1.54, 1.807) is 11.3 Å². The maximum atomic E-state index is 12.5. The largest absolute Gasteiger partial charge is 0.416 e. The fraction of sp³-hybridized carbons (Fsp3) is 0.267. The van der Waals surface area contributed by atoms with Gasteiger partial charge >= 0.3 is 6.18 Å². The summed E-state index contributed by atoms with van der Waals surface area (Å²) in [6.45, 7) is 1.92. The van der Waals surface area contributed by atoms with E-state index in [1.165, 1.54) is 23.9 Å². The summed E-state index contributed by atoms with van der Waals surface area (Å²) >= 11 is 2.84. The van der Waals surface area contributed by atoms with Gasteiger partial charge in [0, 0.05) is 11.1 Å². The van der Waals surface area contributed by atoms with Gasteiger partial charge in [-0.15, -0.1) is 21.5 Å². The first-order valence-electron chi connectivity index (χ1n) is 6.92. The van der Waals surface area contributed by atoms with Crippen LogP contribution >= 0.6 is 23.1 Å². The van der Waals surface area contributed by atoms with Crippen LogP contribution < -0.4 is 0 Å². The summed E-state index contributed by atoms with van der Waals surface area (Å²) in [6, 6.07) is 5.04. The van der Waals surface area contributed by atoms with E-state index in [1.807, 2.05) is 12.3 Å². The summed E-state index contributed by atoms with van der Waals surface area (Å²) in [5.41, 5.74) is 0.971. The van der Waals surface area contributed by atoms with E-state index in [9.17, 15) is 13.2 Å². The molecule has 2 heterocycles. The van der Waals surface area contributed by atoms with Gasteiger partial charge in [0.25, 0.3) is 5.22 Å². The van der Waals surface area contributed by atoms with E-state index in [-0.39, 0.29) is 0 Å². The number of hydrogen-bond acceptors (Lipinski definition) is 6. The molecule has 1 aromatic carbocycles. The van der Waals surface area contributed by atoms with E-state index < -0.39 is 11.7 Å². The highest BCUT2D eigenvalue weighted by molar-refractivity contribution is 7.98. The number of aryl methyl sites for hydroxylation is 1. The number of nitrogens with zero attached hydrogens (tertiary/aromatic N) is 3. The van der Waals surface area contributed by atoms with Crippen molar-refractivity contribution in [1.82, 2.24) is 15.2 Å². The summed E-state index contributed by atoms with van der Waals surface area (Å²) in [5, 5.41) is 11.2. The first-order chi connectivity index (χ1) is 11.4. The number of alkyl halides is 3. The summed E-state index contributed by atoms with van der Waals surface area (Å²) in [4.78, 5) is 4.33. The predicted octanol–water partition coefficient (Wildman–Crippen LogP) is 4.74. The van der Waals surface area contributed by atoms with Gasteiger partial charge in [-0.25, -0.2) is 4.98 Å². The zero-order valence-corrected chi connectivity index (χ0v) is 14.1. The van der Waals surface area contributed by atoms with Crippen LogP contribution in [0.2, 0.25) is 0 Å². The third kappa shape index (κ3) is 4.35. The topological polar surface area (TPSA) is 51.8 Å². The number of thiazole rings is 1. The first kappa shape index (κ1) is 17.0.